The predicted molar refractivity (Wildman–Crippen MR) is 148 cm³/mol. The summed E-state index contributed by atoms with van der Waals surface area (Å²) in [7, 11) is 1.46. The molecule has 1 saturated carbocycles. The highest BCUT2D eigenvalue weighted by molar-refractivity contribution is 5.92. The molecule has 1 amide bonds. The Labute approximate surface area is 227 Å². The van der Waals surface area contributed by atoms with Crippen LogP contribution in [0, 0.1) is 11.8 Å². The van der Waals surface area contributed by atoms with E-state index in [1.165, 1.54) is 50.3 Å². The molecule has 38 heavy (non-hydrogen) atoms. The van der Waals surface area contributed by atoms with E-state index in [2.05, 4.69) is 46.6 Å². The number of piperidine rings is 1. The molecule has 2 aliphatic heterocycles. The summed E-state index contributed by atoms with van der Waals surface area (Å²) in [6, 6.07) is 17.4. The number of nitrogens with zero attached hydrogens (tertiary/aromatic N) is 1. The van der Waals surface area contributed by atoms with Crippen LogP contribution in [-0.2, 0) is 21.4 Å². The summed E-state index contributed by atoms with van der Waals surface area (Å²) in [4.78, 5) is 29.6. The number of carbonyl (C=O) groups excluding carboxylic acids is 2. The van der Waals surface area contributed by atoms with Gasteiger partial charge in [0.05, 0.1) is 31.2 Å². The number of quaternary nitrogens is 1. The van der Waals surface area contributed by atoms with Gasteiger partial charge in [0.2, 0.25) is 5.91 Å². The van der Waals surface area contributed by atoms with Crippen molar-refractivity contribution >= 4 is 11.9 Å². The zero-order valence-corrected chi connectivity index (χ0v) is 22.9. The summed E-state index contributed by atoms with van der Waals surface area (Å²) < 4.78 is 5.13. The van der Waals surface area contributed by atoms with Gasteiger partial charge in [0.1, 0.15) is 5.92 Å². The molecular weight excluding hydrogens is 472 g/mol. The molecule has 2 aliphatic carbocycles. The highest BCUT2D eigenvalue weighted by Crippen LogP contribution is 2.47. The number of rotatable bonds is 4. The number of benzene rings is 2. The van der Waals surface area contributed by atoms with E-state index in [4.69, 9.17) is 4.74 Å². The Morgan fingerprint density at radius 2 is 1.79 bits per heavy atom. The second-order valence-electron chi connectivity index (χ2n) is 12.2. The molecule has 0 bridgehead atoms. The van der Waals surface area contributed by atoms with Crippen LogP contribution in [0.2, 0.25) is 0 Å². The number of methoxy groups -OCH3 is 1. The van der Waals surface area contributed by atoms with Crippen LogP contribution in [0.3, 0.4) is 0 Å². The summed E-state index contributed by atoms with van der Waals surface area (Å²) >= 11 is 0. The van der Waals surface area contributed by atoms with Gasteiger partial charge in [-0.3, -0.25) is 4.79 Å². The van der Waals surface area contributed by atoms with Gasteiger partial charge in [-0.1, -0.05) is 61.7 Å². The molecule has 2 saturated heterocycles. The minimum absolute atomic E-state index is 0.0335. The Morgan fingerprint density at radius 3 is 2.58 bits per heavy atom. The largest absolute Gasteiger partial charge is 0.465 e. The fraction of sp³-hybridized carbons (Fsp3) is 0.576. The molecule has 4 aliphatic rings. The van der Waals surface area contributed by atoms with Gasteiger partial charge in [-0.05, 0) is 79.5 Å². The van der Waals surface area contributed by atoms with Gasteiger partial charge < -0.3 is 15.0 Å². The van der Waals surface area contributed by atoms with Crippen molar-refractivity contribution in [1.82, 2.24) is 4.90 Å². The highest BCUT2D eigenvalue weighted by atomic mass is 16.5. The van der Waals surface area contributed by atoms with Crippen molar-refractivity contribution in [3.05, 3.63) is 70.8 Å². The maximum Gasteiger partial charge on any atom is 0.338 e. The average molecular weight is 516 g/mol. The predicted octanol–water partition coefficient (Wildman–Crippen LogP) is 4.60. The van der Waals surface area contributed by atoms with E-state index in [-0.39, 0.29) is 17.3 Å². The SMILES string of the molecule is COC(=O)c1cccc2c1CCC[C@]21C[NH2+]C[C@H]1C(=O)N1CC[C@@H](c2ccccc2)C[C@H]1C1CCCCC1. The lowest BCUT2D eigenvalue weighted by Gasteiger charge is -2.47. The van der Waals surface area contributed by atoms with E-state index in [9.17, 15) is 9.59 Å². The van der Waals surface area contributed by atoms with Crippen molar-refractivity contribution in [2.45, 2.75) is 81.6 Å². The third-order valence-electron chi connectivity index (χ3n) is 10.4. The Balaban J connectivity index is 1.32. The second kappa shape index (κ2) is 10.8. The van der Waals surface area contributed by atoms with Crippen LogP contribution in [0.25, 0.3) is 0 Å². The van der Waals surface area contributed by atoms with Crippen LogP contribution in [0.1, 0.15) is 90.8 Å². The normalized spacial score (nSPS) is 29.7. The second-order valence-corrected chi connectivity index (χ2v) is 12.2. The smallest absolute Gasteiger partial charge is 0.338 e. The van der Waals surface area contributed by atoms with Gasteiger partial charge in [-0.2, -0.15) is 0 Å². The number of hydrogen-bond donors (Lipinski definition) is 1. The molecule has 2 N–H and O–H groups in total. The molecule has 5 heteroatoms. The van der Waals surface area contributed by atoms with E-state index in [1.807, 2.05) is 12.1 Å². The monoisotopic (exact) mass is 515 g/mol. The van der Waals surface area contributed by atoms with Crippen molar-refractivity contribution in [2.24, 2.45) is 11.8 Å². The van der Waals surface area contributed by atoms with Gasteiger partial charge in [-0.25, -0.2) is 4.79 Å². The van der Waals surface area contributed by atoms with Crippen LogP contribution < -0.4 is 5.32 Å². The fourth-order valence-electron chi connectivity index (χ4n) is 8.59. The number of ether oxygens (including phenoxy) is 1. The van der Waals surface area contributed by atoms with Crippen LogP contribution in [-0.4, -0.2) is 49.6 Å². The molecule has 6 rings (SSSR count). The first-order chi connectivity index (χ1) is 18.6. The zero-order valence-electron chi connectivity index (χ0n) is 22.9. The summed E-state index contributed by atoms with van der Waals surface area (Å²) in [6.07, 6.45) is 11.5. The zero-order chi connectivity index (χ0) is 26.1. The van der Waals surface area contributed by atoms with Crippen LogP contribution in [0.4, 0.5) is 0 Å². The first-order valence-corrected chi connectivity index (χ1v) is 15.0. The molecule has 0 aromatic heterocycles. The van der Waals surface area contributed by atoms with Gasteiger partial charge in [0, 0.05) is 12.6 Å². The van der Waals surface area contributed by atoms with Gasteiger partial charge in [-0.15, -0.1) is 0 Å². The van der Waals surface area contributed by atoms with Crippen molar-refractivity contribution < 1.29 is 19.6 Å². The molecular formula is C33H43N2O3+. The molecule has 202 valence electrons. The maximum absolute atomic E-state index is 14.7. The summed E-state index contributed by atoms with van der Waals surface area (Å²) in [6.45, 7) is 2.63. The lowest BCUT2D eigenvalue weighted by atomic mass is 9.63. The summed E-state index contributed by atoms with van der Waals surface area (Å²) in [5, 5.41) is 2.36. The van der Waals surface area contributed by atoms with E-state index in [0.717, 1.165) is 57.3 Å². The minimum Gasteiger partial charge on any atom is -0.465 e. The molecule has 2 heterocycles. The van der Waals surface area contributed by atoms with E-state index in [0.29, 0.717) is 29.3 Å². The number of amides is 1. The number of nitrogens with two attached hydrogens (primary N) is 1. The Hall–Kier alpha value is -2.66. The van der Waals surface area contributed by atoms with Crippen LogP contribution >= 0.6 is 0 Å². The number of likely N-dealkylation sites (tertiary alicyclic amines) is 1. The standard InChI is InChI=1S/C33H42N2O3/c1-38-32(37)27-14-8-16-28-26(27)15-9-18-33(28)22-34-21-29(33)31(36)35-19-17-25(23-10-4-2-5-11-23)20-30(35)24-12-6-3-7-13-24/h2,4-5,8,10-11,14,16,24-25,29-30,34H,3,6-7,9,12-13,15,17-22H2,1H3/p+1/t25-,29+,30+,33+/m1/s1. The Morgan fingerprint density at radius 1 is 0.974 bits per heavy atom. The Bertz CT molecular complexity index is 1160. The topological polar surface area (TPSA) is 63.2 Å². The lowest BCUT2D eigenvalue weighted by Crippen LogP contribution is -2.82. The van der Waals surface area contributed by atoms with Gasteiger partial charge >= 0.3 is 5.97 Å². The molecule has 2 aromatic carbocycles. The molecule has 2 aromatic rings. The van der Waals surface area contributed by atoms with Crippen molar-refractivity contribution in [2.75, 3.05) is 26.7 Å². The van der Waals surface area contributed by atoms with Crippen molar-refractivity contribution in [1.29, 1.82) is 0 Å². The van der Waals surface area contributed by atoms with E-state index >= 15 is 0 Å². The summed E-state index contributed by atoms with van der Waals surface area (Å²) in [5.74, 6) is 1.23. The van der Waals surface area contributed by atoms with Gasteiger partial charge in [0.25, 0.3) is 0 Å². The number of esters is 1. The van der Waals surface area contributed by atoms with E-state index < -0.39 is 0 Å². The molecule has 5 nitrogen and oxygen atoms in total. The third-order valence-corrected chi connectivity index (χ3v) is 10.4. The molecule has 4 atom stereocenters. The average Bonchev–Trinajstić information content (AvgIpc) is 3.40. The highest BCUT2D eigenvalue weighted by Gasteiger charge is 2.55. The quantitative estimate of drug-likeness (QED) is 0.606. The fourth-order valence-corrected chi connectivity index (χ4v) is 8.59. The minimum atomic E-state index is -0.260. The summed E-state index contributed by atoms with van der Waals surface area (Å²) in [5.41, 5.74) is 4.27. The van der Waals surface area contributed by atoms with E-state index in [1.54, 1.807) is 0 Å². The first-order valence-electron chi connectivity index (χ1n) is 15.0. The van der Waals surface area contributed by atoms with Crippen LogP contribution in [0.15, 0.2) is 48.5 Å². The van der Waals surface area contributed by atoms with Crippen LogP contribution in [0.5, 0.6) is 0 Å². The lowest BCUT2D eigenvalue weighted by molar-refractivity contribution is -0.640. The van der Waals surface area contributed by atoms with Crippen molar-refractivity contribution in [3.8, 4) is 0 Å². The molecule has 0 radical (unpaired) electrons. The van der Waals surface area contributed by atoms with Gasteiger partial charge in [0.15, 0.2) is 0 Å². The first kappa shape index (κ1) is 25.6. The number of hydrogen-bond acceptors (Lipinski definition) is 3. The molecule has 1 spiro atoms. The number of fused-ring (bicyclic) bond motifs is 2. The molecule has 0 unspecified atom stereocenters. The Kier molecular flexibility index (Phi) is 7.31. The maximum atomic E-state index is 14.7. The molecule has 3 fully saturated rings. The number of carbonyl (C=O) groups is 2. The third kappa shape index (κ3) is 4.47. The van der Waals surface area contributed by atoms with Crippen molar-refractivity contribution in [3.63, 3.8) is 0 Å².